The number of benzene rings is 3. The highest BCUT2D eigenvalue weighted by Crippen LogP contribution is 2.51. The molecule has 0 spiro atoms. The summed E-state index contributed by atoms with van der Waals surface area (Å²) in [6.45, 7) is 0.379. The first-order valence-electron chi connectivity index (χ1n) is 16.5. The molecule has 49 heavy (non-hydrogen) atoms. The number of rotatable bonds is 8. The lowest BCUT2D eigenvalue weighted by molar-refractivity contribution is -0.0872. The number of thioether (sulfide) groups is 1. The van der Waals surface area contributed by atoms with Gasteiger partial charge < -0.3 is 14.8 Å². The molecule has 248 valence electrons. The molecule has 0 aromatic heterocycles. The number of amides is 1. The van der Waals surface area contributed by atoms with Crippen molar-refractivity contribution in [3.63, 3.8) is 0 Å². The molecule has 2 aliphatic carbocycles. The van der Waals surface area contributed by atoms with Crippen LogP contribution in [0.2, 0.25) is 0 Å². The molecule has 7 rings (SSSR count). The fourth-order valence-corrected chi connectivity index (χ4v) is 8.72. The normalized spacial score (nSPS) is 26.8. The van der Waals surface area contributed by atoms with Crippen molar-refractivity contribution in [2.45, 2.75) is 36.5 Å². The topological polar surface area (TPSA) is 59.9 Å². The minimum Gasteiger partial charge on any atom is -0.372 e. The van der Waals surface area contributed by atoms with Gasteiger partial charge in [-0.3, -0.25) is 4.79 Å². The molecule has 5 nitrogen and oxygen atoms in total. The van der Waals surface area contributed by atoms with Gasteiger partial charge in [0, 0.05) is 33.7 Å². The summed E-state index contributed by atoms with van der Waals surface area (Å²) < 4.78 is 30.4. The maximum absolute atomic E-state index is 15.8. The molecule has 2 aliphatic heterocycles. The zero-order valence-corrected chi connectivity index (χ0v) is 29.3. The number of amidine groups is 1. The third-order valence-corrected chi connectivity index (χ3v) is 11.1. The minimum atomic E-state index is -1.07. The second-order valence-electron chi connectivity index (χ2n) is 12.4. The molecule has 0 bridgehead atoms. The summed E-state index contributed by atoms with van der Waals surface area (Å²) in [6, 6.07) is 24.2. The van der Waals surface area contributed by atoms with Crippen LogP contribution in [0.4, 0.5) is 4.39 Å². The largest absolute Gasteiger partial charge is 0.372 e. The Morgan fingerprint density at radius 3 is 2.69 bits per heavy atom. The SMILES string of the molecule is O=C(NC1=N[C@@]2(c3cc(Br)ccc3F)CO[C@H](COC(C3=CC=CCC3)(c3ccccc3)C3C#CC/C=C\C=C/3)[C@H]2CS1)c1ccccc1. The van der Waals surface area contributed by atoms with E-state index in [1.54, 1.807) is 24.3 Å². The lowest BCUT2D eigenvalue weighted by Gasteiger charge is -2.42. The standard InChI is InChI=1S/C41H36BrFN2O3S/c42-33-23-24-36(43)34(25-33)40-28-47-37(35(40)27-49-39(45-40)44-38(46)29-15-7-4-8-16-29)26-48-41(31-19-11-5-12-20-31,32-21-13-6-14-22-32)30-17-9-2-1-3-10-18-30/h1-2,4-9,11-13,15-17,19-21,23-25,30,35,37H,3,14,22,26-28H2,(H,44,45,46)/b2-1-,17-9-/t30?,35-,37-,40-,41?/m1/s1. The van der Waals surface area contributed by atoms with E-state index in [9.17, 15) is 4.79 Å². The number of nitrogens with zero attached hydrogens (tertiary/aromatic N) is 1. The highest BCUT2D eigenvalue weighted by molar-refractivity contribution is 9.10. The molecular formula is C41H36BrFN2O3S. The summed E-state index contributed by atoms with van der Waals surface area (Å²) in [5.41, 5.74) is 1.18. The maximum Gasteiger partial charge on any atom is 0.257 e. The molecule has 3 aromatic rings. The third kappa shape index (κ3) is 6.78. The van der Waals surface area contributed by atoms with E-state index in [4.69, 9.17) is 14.5 Å². The molecule has 0 saturated carbocycles. The number of carbonyl (C=O) groups is 1. The Hall–Kier alpha value is -4.00. The van der Waals surface area contributed by atoms with Gasteiger partial charge in [0.25, 0.3) is 5.91 Å². The van der Waals surface area contributed by atoms with Crippen LogP contribution in [-0.4, -0.2) is 36.1 Å². The van der Waals surface area contributed by atoms with Gasteiger partial charge in [0.1, 0.15) is 17.0 Å². The number of ether oxygens (including phenoxy) is 2. The quantitative estimate of drug-likeness (QED) is 0.236. The molecule has 1 fully saturated rings. The van der Waals surface area contributed by atoms with E-state index in [1.807, 2.05) is 42.5 Å². The van der Waals surface area contributed by atoms with Crippen molar-refractivity contribution in [2.24, 2.45) is 16.8 Å². The van der Waals surface area contributed by atoms with Gasteiger partial charge in [-0.05, 0) is 54.3 Å². The molecule has 2 unspecified atom stereocenters. The summed E-state index contributed by atoms with van der Waals surface area (Å²) >= 11 is 5.00. The van der Waals surface area contributed by atoms with Crippen molar-refractivity contribution in [3.8, 4) is 11.8 Å². The van der Waals surface area contributed by atoms with Gasteiger partial charge in [-0.15, -0.1) is 0 Å². The molecule has 2 heterocycles. The van der Waals surface area contributed by atoms with Crippen LogP contribution in [0.1, 0.15) is 40.7 Å². The summed E-state index contributed by atoms with van der Waals surface area (Å²) in [6.07, 6.45) is 16.7. The van der Waals surface area contributed by atoms with Crippen LogP contribution in [0.15, 0.2) is 136 Å². The van der Waals surface area contributed by atoms with Crippen LogP contribution < -0.4 is 5.32 Å². The Labute approximate surface area is 299 Å². The first kappa shape index (κ1) is 33.5. The monoisotopic (exact) mass is 734 g/mol. The Balaban J connectivity index is 1.26. The van der Waals surface area contributed by atoms with Crippen LogP contribution in [0.25, 0.3) is 0 Å². The highest BCUT2D eigenvalue weighted by Gasteiger charge is 2.55. The second-order valence-corrected chi connectivity index (χ2v) is 14.4. The van der Waals surface area contributed by atoms with Gasteiger partial charge in [-0.1, -0.05) is 131 Å². The van der Waals surface area contributed by atoms with Gasteiger partial charge in [-0.25, -0.2) is 9.38 Å². The van der Waals surface area contributed by atoms with Crippen molar-refractivity contribution in [3.05, 3.63) is 154 Å². The summed E-state index contributed by atoms with van der Waals surface area (Å²) in [5, 5.41) is 3.42. The van der Waals surface area contributed by atoms with Crippen molar-refractivity contribution in [2.75, 3.05) is 19.0 Å². The van der Waals surface area contributed by atoms with Gasteiger partial charge in [-0.2, -0.15) is 0 Å². The molecule has 0 radical (unpaired) electrons. The average molecular weight is 736 g/mol. The number of carbonyl (C=O) groups excluding carboxylic acids is 1. The molecule has 8 heteroatoms. The van der Waals surface area contributed by atoms with E-state index in [0.717, 1.165) is 28.5 Å². The molecule has 1 saturated heterocycles. The lowest BCUT2D eigenvalue weighted by Crippen LogP contribution is -2.46. The van der Waals surface area contributed by atoms with E-state index in [0.29, 0.717) is 28.5 Å². The van der Waals surface area contributed by atoms with E-state index >= 15 is 4.39 Å². The van der Waals surface area contributed by atoms with Gasteiger partial charge in [0.05, 0.1) is 25.2 Å². The van der Waals surface area contributed by atoms with Crippen LogP contribution in [-0.2, 0) is 20.6 Å². The van der Waals surface area contributed by atoms with Crippen LogP contribution in [0.3, 0.4) is 0 Å². The van der Waals surface area contributed by atoms with Crippen molar-refractivity contribution < 1.29 is 18.7 Å². The van der Waals surface area contributed by atoms with Gasteiger partial charge >= 0.3 is 0 Å². The van der Waals surface area contributed by atoms with E-state index in [2.05, 4.69) is 81.7 Å². The second kappa shape index (κ2) is 14.9. The number of hydrogen-bond donors (Lipinski definition) is 1. The van der Waals surface area contributed by atoms with Crippen molar-refractivity contribution >= 4 is 38.8 Å². The fourth-order valence-electron chi connectivity index (χ4n) is 7.14. The Morgan fingerprint density at radius 2 is 1.90 bits per heavy atom. The van der Waals surface area contributed by atoms with Crippen molar-refractivity contribution in [1.82, 2.24) is 5.32 Å². The maximum atomic E-state index is 15.8. The number of halogens is 2. The van der Waals surface area contributed by atoms with E-state index in [-0.39, 0.29) is 36.8 Å². The highest BCUT2D eigenvalue weighted by atomic mass is 79.9. The summed E-state index contributed by atoms with van der Waals surface area (Å²) in [5.74, 6) is 6.29. The number of hydrogen-bond acceptors (Lipinski definition) is 5. The average Bonchev–Trinajstić information content (AvgIpc) is 3.50. The van der Waals surface area contributed by atoms with Crippen LogP contribution >= 0.6 is 27.7 Å². The number of fused-ring (bicyclic) bond motifs is 1. The first-order chi connectivity index (χ1) is 24.0. The molecule has 1 N–H and O–H groups in total. The van der Waals surface area contributed by atoms with Crippen molar-refractivity contribution in [1.29, 1.82) is 0 Å². The fraction of sp³-hybridized carbons (Fsp3) is 0.268. The smallest absolute Gasteiger partial charge is 0.257 e. The predicted octanol–water partition coefficient (Wildman–Crippen LogP) is 8.66. The molecule has 5 atom stereocenters. The third-order valence-electron chi connectivity index (χ3n) is 9.57. The summed E-state index contributed by atoms with van der Waals surface area (Å²) in [4.78, 5) is 18.3. The van der Waals surface area contributed by atoms with Gasteiger partial charge in [0.15, 0.2) is 5.17 Å². The van der Waals surface area contributed by atoms with Crippen LogP contribution in [0.5, 0.6) is 0 Å². The Bertz CT molecular complexity index is 1910. The number of nitrogens with one attached hydrogen (secondary N) is 1. The minimum absolute atomic E-state index is 0.141. The zero-order chi connectivity index (χ0) is 33.7. The molecular weight excluding hydrogens is 699 g/mol. The van der Waals surface area contributed by atoms with E-state index in [1.165, 1.54) is 17.8 Å². The Kier molecular flexibility index (Phi) is 10.2. The summed E-state index contributed by atoms with van der Waals surface area (Å²) in [7, 11) is 0. The first-order valence-corrected chi connectivity index (χ1v) is 18.3. The number of aliphatic imine (C=N–C) groups is 1. The molecule has 3 aromatic carbocycles. The molecule has 1 amide bonds. The van der Waals surface area contributed by atoms with E-state index < -0.39 is 17.2 Å². The number of allylic oxidation sites excluding steroid dienone is 6. The Morgan fingerprint density at radius 1 is 1.08 bits per heavy atom. The zero-order valence-electron chi connectivity index (χ0n) is 26.9. The molecule has 4 aliphatic rings. The van der Waals surface area contributed by atoms with Gasteiger partial charge in [0.2, 0.25) is 0 Å². The lowest BCUT2D eigenvalue weighted by atomic mass is 9.72. The predicted molar refractivity (Wildman–Crippen MR) is 198 cm³/mol. The van der Waals surface area contributed by atoms with Crippen LogP contribution in [0, 0.1) is 29.5 Å².